The summed E-state index contributed by atoms with van der Waals surface area (Å²) in [5, 5.41) is 10.6. The second-order valence-corrected chi connectivity index (χ2v) is 6.09. The van der Waals surface area contributed by atoms with E-state index in [9.17, 15) is 4.79 Å². The van der Waals surface area contributed by atoms with E-state index in [0.717, 1.165) is 41.4 Å². The highest BCUT2D eigenvalue weighted by molar-refractivity contribution is 8.00. The zero-order valence-electron chi connectivity index (χ0n) is 11.7. The first kappa shape index (κ1) is 14.3. The quantitative estimate of drug-likeness (QED) is 0.676. The summed E-state index contributed by atoms with van der Waals surface area (Å²) in [4.78, 5) is 22.3. The van der Waals surface area contributed by atoms with Crippen molar-refractivity contribution in [2.24, 2.45) is 0 Å². The molecule has 1 aromatic carbocycles. The van der Waals surface area contributed by atoms with Gasteiger partial charge in [-0.3, -0.25) is 9.69 Å². The number of fused-ring (bicyclic) bond motifs is 1. The van der Waals surface area contributed by atoms with Crippen molar-refractivity contribution >= 4 is 28.6 Å². The second kappa shape index (κ2) is 6.41. The molecule has 2 aromatic rings. The Kier molecular flexibility index (Phi) is 4.36. The van der Waals surface area contributed by atoms with Gasteiger partial charge in [0.25, 0.3) is 0 Å². The van der Waals surface area contributed by atoms with E-state index in [1.54, 1.807) is 0 Å². The van der Waals surface area contributed by atoms with Gasteiger partial charge < -0.3 is 5.11 Å². The zero-order chi connectivity index (χ0) is 14.7. The van der Waals surface area contributed by atoms with E-state index in [1.807, 2.05) is 24.3 Å². The molecule has 110 valence electrons. The van der Waals surface area contributed by atoms with Gasteiger partial charge in [-0.2, -0.15) is 0 Å². The van der Waals surface area contributed by atoms with Crippen LogP contribution in [0.4, 0.5) is 0 Å². The normalized spacial score (nSPS) is 15.6. The van der Waals surface area contributed by atoms with Gasteiger partial charge in [0, 0.05) is 5.39 Å². The van der Waals surface area contributed by atoms with Crippen LogP contribution < -0.4 is 0 Å². The summed E-state index contributed by atoms with van der Waals surface area (Å²) in [5.74, 6) is -0.0308. The van der Waals surface area contributed by atoms with Gasteiger partial charge in [-0.1, -0.05) is 30.0 Å². The number of hydrogen-bond donors (Lipinski definition) is 1. The zero-order valence-corrected chi connectivity index (χ0v) is 12.5. The van der Waals surface area contributed by atoms with Crippen molar-refractivity contribution in [3.63, 3.8) is 0 Å². The molecule has 0 unspecified atom stereocenters. The van der Waals surface area contributed by atoms with Crippen LogP contribution in [-0.2, 0) is 11.3 Å². The largest absolute Gasteiger partial charge is 0.481 e. The van der Waals surface area contributed by atoms with E-state index in [4.69, 9.17) is 5.11 Å². The third kappa shape index (κ3) is 3.51. The molecule has 0 radical (unpaired) electrons. The van der Waals surface area contributed by atoms with Crippen molar-refractivity contribution in [3.8, 4) is 0 Å². The number of aliphatic carboxylic acids is 1. The summed E-state index contributed by atoms with van der Waals surface area (Å²) in [5.41, 5.74) is 0.884. The molecule has 21 heavy (non-hydrogen) atoms. The minimum atomic E-state index is -0.830. The van der Waals surface area contributed by atoms with Crippen molar-refractivity contribution in [1.82, 2.24) is 14.9 Å². The fraction of sp³-hybridized carbons (Fsp3) is 0.400. The highest BCUT2D eigenvalue weighted by Crippen LogP contribution is 2.25. The van der Waals surface area contributed by atoms with E-state index in [2.05, 4.69) is 14.9 Å². The van der Waals surface area contributed by atoms with Crippen LogP contribution in [0.5, 0.6) is 0 Å². The molecule has 1 aliphatic heterocycles. The summed E-state index contributed by atoms with van der Waals surface area (Å²) < 4.78 is 0. The molecule has 2 heterocycles. The number of hydrogen-bond acceptors (Lipinski definition) is 5. The molecule has 5 nitrogen and oxygen atoms in total. The molecule has 0 saturated carbocycles. The lowest BCUT2D eigenvalue weighted by Gasteiger charge is -2.14. The smallest absolute Gasteiger partial charge is 0.313 e. The number of carbonyl (C=O) groups is 1. The average Bonchev–Trinajstić information content (AvgIpc) is 2.97. The lowest BCUT2D eigenvalue weighted by molar-refractivity contribution is -0.133. The van der Waals surface area contributed by atoms with Gasteiger partial charge >= 0.3 is 5.97 Å². The maximum atomic E-state index is 10.8. The number of carboxylic acid groups (broad SMARTS) is 1. The molecule has 1 aromatic heterocycles. The van der Waals surface area contributed by atoms with Gasteiger partial charge in [-0.15, -0.1) is 0 Å². The topological polar surface area (TPSA) is 66.3 Å². The van der Waals surface area contributed by atoms with Gasteiger partial charge in [0.05, 0.1) is 17.8 Å². The Morgan fingerprint density at radius 3 is 2.76 bits per heavy atom. The van der Waals surface area contributed by atoms with Gasteiger partial charge in [0.15, 0.2) is 0 Å². The Balaban J connectivity index is 1.91. The molecule has 0 aliphatic carbocycles. The fourth-order valence-corrected chi connectivity index (χ4v) is 3.30. The van der Waals surface area contributed by atoms with Crippen molar-refractivity contribution in [3.05, 3.63) is 30.1 Å². The van der Waals surface area contributed by atoms with Crippen LogP contribution in [0.3, 0.4) is 0 Å². The summed E-state index contributed by atoms with van der Waals surface area (Å²) in [6.07, 6.45) is 2.46. The van der Waals surface area contributed by atoms with Crippen LogP contribution in [0.1, 0.15) is 18.7 Å². The molecule has 0 bridgehead atoms. The molecule has 6 heteroatoms. The summed E-state index contributed by atoms with van der Waals surface area (Å²) in [7, 11) is 0. The molecular weight excluding hydrogens is 286 g/mol. The molecule has 3 rings (SSSR count). The maximum Gasteiger partial charge on any atom is 0.313 e. The van der Waals surface area contributed by atoms with Crippen molar-refractivity contribution < 1.29 is 9.90 Å². The van der Waals surface area contributed by atoms with E-state index in [-0.39, 0.29) is 5.75 Å². The summed E-state index contributed by atoms with van der Waals surface area (Å²) >= 11 is 1.26. The molecule has 1 fully saturated rings. The van der Waals surface area contributed by atoms with Crippen LogP contribution in [0, 0.1) is 0 Å². The van der Waals surface area contributed by atoms with Crippen molar-refractivity contribution in [2.75, 3.05) is 18.8 Å². The Hall–Kier alpha value is -1.66. The first-order valence-corrected chi connectivity index (χ1v) is 8.03. The van der Waals surface area contributed by atoms with E-state index in [1.165, 1.54) is 24.6 Å². The van der Waals surface area contributed by atoms with Crippen molar-refractivity contribution in [1.29, 1.82) is 0 Å². The molecule has 1 saturated heterocycles. The lowest BCUT2D eigenvalue weighted by atomic mass is 10.2. The summed E-state index contributed by atoms with van der Waals surface area (Å²) in [6, 6.07) is 7.77. The monoisotopic (exact) mass is 303 g/mol. The third-order valence-electron chi connectivity index (χ3n) is 3.51. The number of rotatable bonds is 5. The van der Waals surface area contributed by atoms with Gasteiger partial charge in [0.2, 0.25) is 0 Å². The third-order valence-corrected chi connectivity index (χ3v) is 4.49. The van der Waals surface area contributed by atoms with Crippen LogP contribution in [0.25, 0.3) is 10.9 Å². The van der Waals surface area contributed by atoms with E-state index < -0.39 is 5.97 Å². The SMILES string of the molecule is O=C(O)CSc1nc(CN2CCCC2)nc2ccccc12. The van der Waals surface area contributed by atoms with Crippen LogP contribution in [0.15, 0.2) is 29.3 Å². The molecular formula is C15H17N3O2S. The number of aromatic nitrogens is 2. The first-order valence-electron chi connectivity index (χ1n) is 7.05. The average molecular weight is 303 g/mol. The standard InChI is InChI=1S/C15H17N3O2S/c19-14(20)10-21-15-11-5-1-2-6-12(11)16-13(17-15)9-18-7-3-4-8-18/h1-2,5-6H,3-4,7-10H2,(H,19,20). The highest BCUT2D eigenvalue weighted by Gasteiger charge is 2.15. The first-order chi connectivity index (χ1) is 10.2. The number of para-hydroxylation sites is 1. The molecule has 1 aliphatic rings. The number of thioether (sulfide) groups is 1. The predicted octanol–water partition coefficient (Wildman–Crippen LogP) is 2.40. The lowest BCUT2D eigenvalue weighted by Crippen LogP contribution is -2.20. The number of benzene rings is 1. The van der Waals surface area contributed by atoms with Crippen molar-refractivity contribution in [2.45, 2.75) is 24.4 Å². The molecule has 0 amide bonds. The van der Waals surface area contributed by atoms with Gasteiger partial charge in [0.1, 0.15) is 10.9 Å². The molecule has 1 N–H and O–H groups in total. The maximum absolute atomic E-state index is 10.8. The molecule has 0 spiro atoms. The van der Waals surface area contributed by atoms with E-state index in [0.29, 0.717) is 0 Å². The number of carboxylic acids is 1. The van der Waals surface area contributed by atoms with E-state index >= 15 is 0 Å². The minimum Gasteiger partial charge on any atom is -0.481 e. The predicted molar refractivity (Wildman–Crippen MR) is 82.4 cm³/mol. The Labute approximate surface area is 127 Å². The van der Waals surface area contributed by atoms with Gasteiger partial charge in [-0.05, 0) is 32.0 Å². The Morgan fingerprint density at radius 2 is 2.00 bits per heavy atom. The minimum absolute atomic E-state index is 0.0180. The molecule has 0 atom stereocenters. The van der Waals surface area contributed by atoms with Gasteiger partial charge in [-0.25, -0.2) is 9.97 Å². The highest BCUT2D eigenvalue weighted by atomic mass is 32.2. The second-order valence-electron chi connectivity index (χ2n) is 5.13. The fourth-order valence-electron chi connectivity index (χ4n) is 2.55. The number of likely N-dealkylation sites (tertiary alicyclic amines) is 1. The Morgan fingerprint density at radius 1 is 1.24 bits per heavy atom. The Bertz CT molecular complexity index is 656. The van der Waals surface area contributed by atoms with Crippen LogP contribution >= 0.6 is 11.8 Å². The summed E-state index contributed by atoms with van der Waals surface area (Å²) in [6.45, 7) is 2.92. The van der Waals surface area contributed by atoms with Crippen LogP contribution in [-0.4, -0.2) is 44.8 Å². The van der Waals surface area contributed by atoms with Crippen LogP contribution in [0.2, 0.25) is 0 Å². The number of nitrogens with zero attached hydrogens (tertiary/aromatic N) is 3.